The molecule has 0 amide bonds. The van der Waals surface area contributed by atoms with Crippen LogP contribution in [0.3, 0.4) is 0 Å². The molecule has 0 saturated heterocycles. The van der Waals surface area contributed by atoms with E-state index >= 15 is 0 Å². The summed E-state index contributed by atoms with van der Waals surface area (Å²) in [5.74, 6) is 2.56. The average Bonchev–Trinajstić information content (AvgIpc) is 2.45. The maximum Gasteiger partial charge on any atom is 0.315 e. The van der Waals surface area contributed by atoms with Crippen LogP contribution in [0, 0.1) is 21.3 Å². The topological polar surface area (TPSA) is 26.3 Å². The summed E-state index contributed by atoms with van der Waals surface area (Å²) in [6.45, 7) is 6.32. The normalized spacial score (nSPS) is 14.0. The molecule has 2 nitrogen and oxygen atoms in total. The number of benzene rings is 1. The van der Waals surface area contributed by atoms with Gasteiger partial charge in [-0.1, -0.05) is 32.4 Å². The SMILES string of the molecule is C#CCC(C)(C)CCCC(C)(C(=O)OC)c1cccc(I)c1. The van der Waals surface area contributed by atoms with Gasteiger partial charge in [-0.25, -0.2) is 0 Å². The molecule has 0 aliphatic carbocycles. The number of methoxy groups -OCH3 is 1. The molecule has 0 saturated carbocycles. The van der Waals surface area contributed by atoms with Gasteiger partial charge in [0.05, 0.1) is 12.5 Å². The number of hydrogen-bond donors (Lipinski definition) is 0. The monoisotopic (exact) mass is 412 g/mol. The molecule has 0 N–H and O–H groups in total. The molecule has 1 rings (SSSR count). The first-order chi connectivity index (χ1) is 10.2. The second-order valence-corrected chi connectivity index (χ2v) is 7.98. The summed E-state index contributed by atoms with van der Waals surface area (Å²) >= 11 is 2.27. The van der Waals surface area contributed by atoms with Crippen molar-refractivity contribution in [3.63, 3.8) is 0 Å². The van der Waals surface area contributed by atoms with E-state index < -0.39 is 5.41 Å². The molecule has 120 valence electrons. The molecular weight excluding hydrogens is 387 g/mol. The number of carbonyl (C=O) groups is 1. The van der Waals surface area contributed by atoms with Gasteiger partial charge in [0.1, 0.15) is 0 Å². The predicted molar refractivity (Wildman–Crippen MR) is 99.6 cm³/mol. The highest BCUT2D eigenvalue weighted by molar-refractivity contribution is 14.1. The van der Waals surface area contributed by atoms with Crippen LogP contribution in [-0.2, 0) is 14.9 Å². The molecule has 1 unspecified atom stereocenters. The highest BCUT2D eigenvalue weighted by atomic mass is 127. The Labute approximate surface area is 148 Å². The van der Waals surface area contributed by atoms with Crippen LogP contribution in [0.4, 0.5) is 0 Å². The van der Waals surface area contributed by atoms with Crippen LogP contribution in [0.5, 0.6) is 0 Å². The minimum absolute atomic E-state index is 0.108. The van der Waals surface area contributed by atoms with Crippen molar-refractivity contribution in [2.75, 3.05) is 7.11 Å². The molecule has 0 aliphatic rings. The van der Waals surface area contributed by atoms with Gasteiger partial charge in [-0.3, -0.25) is 4.79 Å². The molecule has 0 aromatic heterocycles. The van der Waals surface area contributed by atoms with Gasteiger partial charge in [0.25, 0.3) is 0 Å². The summed E-state index contributed by atoms with van der Waals surface area (Å²) in [7, 11) is 1.46. The van der Waals surface area contributed by atoms with Crippen molar-refractivity contribution in [3.8, 4) is 12.3 Å². The highest BCUT2D eigenvalue weighted by Crippen LogP contribution is 2.35. The largest absolute Gasteiger partial charge is 0.468 e. The van der Waals surface area contributed by atoms with Gasteiger partial charge >= 0.3 is 5.97 Å². The Kier molecular flexibility index (Phi) is 6.93. The second-order valence-electron chi connectivity index (χ2n) is 6.73. The molecule has 1 atom stereocenters. The van der Waals surface area contributed by atoms with E-state index in [0.29, 0.717) is 0 Å². The smallest absolute Gasteiger partial charge is 0.315 e. The van der Waals surface area contributed by atoms with E-state index in [1.54, 1.807) is 0 Å². The number of carbonyl (C=O) groups excluding carboxylic acids is 1. The van der Waals surface area contributed by atoms with E-state index in [0.717, 1.165) is 34.8 Å². The molecule has 0 spiro atoms. The summed E-state index contributed by atoms with van der Waals surface area (Å²) < 4.78 is 6.19. The van der Waals surface area contributed by atoms with E-state index in [2.05, 4.69) is 48.4 Å². The van der Waals surface area contributed by atoms with Crippen molar-refractivity contribution in [1.82, 2.24) is 0 Å². The number of ether oxygens (including phenoxy) is 1. The summed E-state index contributed by atoms with van der Waals surface area (Å²) in [4.78, 5) is 12.4. The van der Waals surface area contributed by atoms with Crippen LogP contribution in [0.15, 0.2) is 24.3 Å². The zero-order chi connectivity index (χ0) is 16.8. The van der Waals surface area contributed by atoms with Gasteiger partial charge in [-0.15, -0.1) is 12.3 Å². The number of halogens is 1. The second kappa shape index (κ2) is 8.01. The third kappa shape index (κ3) is 5.01. The Balaban J connectivity index is 2.91. The maximum atomic E-state index is 12.4. The molecule has 0 radical (unpaired) electrons. The standard InChI is InChI=1S/C19H25IO2/c1-6-11-18(2,3)12-8-13-19(4,17(21)22-5)15-9-7-10-16(20)14-15/h1,7,9-10,14H,8,11-13H2,2-5H3. The van der Waals surface area contributed by atoms with Gasteiger partial charge in [-0.2, -0.15) is 0 Å². The summed E-state index contributed by atoms with van der Waals surface area (Å²) in [5.41, 5.74) is 0.514. The predicted octanol–water partition coefficient (Wildman–Crippen LogP) is 4.94. The fourth-order valence-electron chi connectivity index (χ4n) is 2.71. The van der Waals surface area contributed by atoms with E-state index in [1.165, 1.54) is 7.11 Å². The lowest BCUT2D eigenvalue weighted by molar-refractivity contribution is -0.147. The first-order valence-electron chi connectivity index (χ1n) is 7.53. The Morgan fingerprint density at radius 1 is 1.32 bits per heavy atom. The van der Waals surface area contributed by atoms with Gasteiger partial charge in [0, 0.05) is 9.99 Å². The highest BCUT2D eigenvalue weighted by Gasteiger charge is 2.36. The summed E-state index contributed by atoms with van der Waals surface area (Å²) in [6.07, 6.45) is 8.87. The Morgan fingerprint density at radius 3 is 2.55 bits per heavy atom. The van der Waals surface area contributed by atoms with Crippen molar-refractivity contribution in [2.45, 2.75) is 51.9 Å². The van der Waals surface area contributed by atoms with Crippen molar-refractivity contribution in [3.05, 3.63) is 33.4 Å². The van der Waals surface area contributed by atoms with Crippen molar-refractivity contribution in [1.29, 1.82) is 0 Å². The van der Waals surface area contributed by atoms with Crippen LogP contribution in [0.2, 0.25) is 0 Å². The first kappa shape index (κ1) is 19.0. The fraction of sp³-hybridized carbons (Fsp3) is 0.526. The summed E-state index contributed by atoms with van der Waals surface area (Å²) in [5, 5.41) is 0. The van der Waals surface area contributed by atoms with Crippen molar-refractivity contribution < 1.29 is 9.53 Å². The van der Waals surface area contributed by atoms with E-state index in [-0.39, 0.29) is 11.4 Å². The number of esters is 1. The molecule has 0 bridgehead atoms. The third-order valence-electron chi connectivity index (χ3n) is 4.21. The molecule has 0 fully saturated rings. The number of hydrogen-bond acceptors (Lipinski definition) is 2. The number of terminal acetylenes is 1. The van der Waals surface area contributed by atoms with Crippen LogP contribution in [-0.4, -0.2) is 13.1 Å². The Bertz CT molecular complexity index is 557. The van der Waals surface area contributed by atoms with Gasteiger partial charge in [-0.05, 0) is 65.5 Å². The minimum Gasteiger partial charge on any atom is -0.468 e. The Hall–Kier alpha value is -1.02. The Morgan fingerprint density at radius 2 is 2.00 bits per heavy atom. The van der Waals surface area contributed by atoms with Crippen LogP contribution in [0.1, 0.15) is 52.0 Å². The molecule has 0 heterocycles. The van der Waals surface area contributed by atoms with E-state index in [4.69, 9.17) is 11.2 Å². The van der Waals surface area contributed by atoms with E-state index in [1.807, 2.05) is 25.1 Å². The van der Waals surface area contributed by atoms with Gasteiger partial charge in [0.15, 0.2) is 0 Å². The fourth-order valence-corrected chi connectivity index (χ4v) is 3.25. The first-order valence-corrected chi connectivity index (χ1v) is 8.61. The van der Waals surface area contributed by atoms with Gasteiger partial charge in [0.2, 0.25) is 0 Å². The minimum atomic E-state index is -0.609. The molecule has 22 heavy (non-hydrogen) atoms. The average molecular weight is 412 g/mol. The van der Waals surface area contributed by atoms with Crippen LogP contribution in [0.25, 0.3) is 0 Å². The van der Waals surface area contributed by atoms with Gasteiger partial charge < -0.3 is 4.74 Å². The zero-order valence-corrected chi connectivity index (χ0v) is 16.1. The maximum absolute atomic E-state index is 12.4. The van der Waals surface area contributed by atoms with Crippen LogP contribution >= 0.6 is 22.6 Å². The molecular formula is C19H25IO2. The lowest BCUT2D eigenvalue weighted by Gasteiger charge is -2.29. The lowest BCUT2D eigenvalue weighted by Crippen LogP contribution is -2.34. The molecule has 1 aromatic carbocycles. The van der Waals surface area contributed by atoms with Crippen LogP contribution < -0.4 is 0 Å². The van der Waals surface area contributed by atoms with Crippen molar-refractivity contribution >= 4 is 28.6 Å². The quantitative estimate of drug-likeness (QED) is 0.360. The van der Waals surface area contributed by atoms with E-state index in [9.17, 15) is 4.79 Å². The number of rotatable bonds is 7. The molecule has 0 aliphatic heterocycles. The molecule has 3 heteroatoms. The third-order valence-corrected chi connectivity index (χ3v) is 4.88. The lowest BCUT2D eigenvalue weighted by atomic mass is 9.75. The zero-order valence-electron chi connectivity index (χ0n) is 13.9. The molecule has 1 aromatic rings. The summed E-state index contributed by atoms with van der Waals surface area (Å²) in [6, 6.07) is 8.08. The van der Waals surface area contributed by atoms with Crippen molar-refractivity contribution in [2.24, 2.45) is 5.41 Å².